The van der Waals surface area contributed by atoms with Crippen molar-refractivity contribution in [2.24, 2.45) is 0 Å². The molecule has 0 atom stereocenters. The summed E-state index contributed by atoms with van der Waals surface area (Å²) in [5, 5.41) is 4.20. The minimum absolute atomic E-state index is 0.198. The molecular formula is C12H21N3O2S2. The molecular weight excluding hydrogens is 282 g/mol. The van der Waals surface area contributed by atoms with Crippen molar-refractivity contribution in [3.63, 3.8) is 0 Å². The first-order valence-corrected chi connectivity index (χ1v) is 9.14. The topological polar surface area (TPSA) is 71.1 Å². The smallest absolute Gasteiger partial charge is 0.211 e. The van der Waals surface area contributed by atoms with Gasteiger partial charge in [-0.05, 0) is 39.2 Å². The number of sulfonamides is 1. The summed E-state index contributed by atoms with van der Waals surface area (Å²) in [6.45, 7) is 3.19. The molecule has 5 nitrogen and oxygen atoms in total. The number of nitrogens with one attached hydrogen (secondary N) is 2. The van der Waals surface area contributed by atoms with E-state index in [0.29, 0.717) is 19.0 Å². The fraction of sp³-hybridized carbons (Fsp3) is 0.750. The quantitative estimate of drug-likeness (QED) is 0.677. The molecule has 0 saturated heterocycles. The monoisotopic (exact) mass is 303 g/mol. The van der Waals surface area contributed by atoms with Crippen LogP contribution in [-0.4, -0.2) is 31.7 Å². The number of hydrogen-bond donors (Lipinski definition) is 2. The van der Waals surface area contributed by atoms with Crippen LogP contribution in [0.25, 0.3) is 0 Å². The molecule has 0 unspecified atom stereocenters. The standard InChI is InChI=1S/C12H21N3O2S2/c1-10-8-14-12(18-10)9-15-19(16,17)7-3-2-6-13-11-4-5-11/h8,11,13,15H,2-7,9H2,1H3. The summed E-state index contributed by atoms with van der Waals surface area (Å²) in [6.07, 6.45) is 5.91. The van der Waals surface area contributed by atoms with Gasteiger partial charge in [-0.1, -0.05) is 0 Å². The van der Waals surface area contributed by atoms with Gasteiger partial charge in [0.25, 0.3) is 0 Å². The van der Waals surface area contributed by atoms with Crippen LogP contribution >= 0.6 is 11.3 Å². The highest BCUT2D eigenvalue weighted by Crippen LogP contribution is 2.18. The van der Waals surface area contributed by atoms with Crippen molar-refractivity contribution >= 4 is 21.4 Å². The Kier molecular flexibility index (Phi) is 5.32. The second kappa shape index (κ2) is 6.78. The highest BCUT2D eigenvalue weighted by atomic mass is 32.2. The Balaban J connectivity index is 1.60. The third-order valence-electron chi connectivity index (χ3n) is 2.96. The lowest BCUT2D eigenvalue weighted by atomic mass is 10.3. The zero-order chi connectivity index (χ0) is 13.7. The van der Waals surface area contributed by atoms with Crippen LogP contribution in [0.4, 0.5) is 0 Å². The predicted molar refractivity (Wildman–Crippen MR) is 77.7 cm³/mol. The maximum Gasteiger partial charge on any atom is 0.211 e. The average molecular weight is 303 g/mol. The number of unbranched alkanes of at least 4 members (excludes halogenated alkanes) is 1. The van der Waals surface area contributed by atoms with Gasteiger partial charge in [0.1, 0.15) is 5.01 Å². The minimum Gasteiger partial charge on any atom is -0.314 e. The summed E-state index contributed by atoms with van der Waals surface area (Å²) in [5.41, 5.74) is 0. The number of thiazole rings is 1. The van der Waals surface area contributed by atoms with Crippen LogP contribution in [0.3, 0.4) is 0 Å². The van der Waals surface area contributed by atoms with Crippen molar-refractivity contribution < 1.29 is 8.42 Å². The second-order valence-electron chi connectivity index (χ2n) is 4.94. The highest BCUT2D eigenvalue weighted by molar-refractivity contribution is 7.89. The molecule has 0 amide bonds. The summed E-state index contributed by atoms with van der Waals surface area (Å²) in [4.78, 5) is 5.23. The number of hydrogen-bond acceptors (Lipinski definition) is 5. The molecule has 1 saturated carbocycles. The first-order chi connectivity index (χ1) is 9.05. The summed E-state index contributed by atoms with van der Waals surface area (Å²) < 4.78 is 26.1. The fourth-order valence-corrected chi connectivity index (χ4v) is 3.64. The van der Waals surface area contributed by atoms with Crippen LogP contribution in [0.2, 0.25) is 0 Å². The maximum absolute atomic E-state index is 11.8. The van der Waals surface area contributed by atoms with Gasteiger partial charge in [0.2, 0.25) is 10.0 Å². The summed E-state index contributed by atoms with van der Waals surface area (Å²) in [7, 11) is -3.17. The van der Waals surface area contributed by atoms with Gasteiger partial charge < -0.3 is 5.32 Å². The summed E-state index contributed by atoms with van der Waals surface area (Å²) in [5.74, 6) is 0.198. The lowest BCUT2D eigenvalue weighted by Gasteiger charge is -2.05. The van der Waals surface area contributed by atoms with Crippen LogP contribution in [0, 0.1) is 6.92 Å². The molecule has 1 aromatic heterocycles. The molecule has 1 aliphatic rings. The molecule has 19 heavy (non-hydrogen) atoms. The van der Waals surface area contributed by atoms with Gasteiger partial charge >= 0.3 is 0 Å². The Morgan fingerprint density at radius 3 is 2.84 bits per heavy atom. The molecule has 2 rings (SSSR count). The number of nitrogens with zero attached hydrogens (tertiary/aromatic N) is 1. The van der Waals surface area contributed by atoms with E-state index in [-0.39, 0.29) is 5.75 Å². The minimum atomic E-state index is -3.17. The van der Waals surface area contributed by atoms with Crippen molar-refractivity contribution in [2.75, 3.05) is 12.3 Å². The number of aromatic nitrogens is 1. The van der Waals surface area contributed by atoms with E-state index in [4.69, 9.17) is 0 Å². The lowest BCUT2D eigenvalue weighted by Crippen LogP contribution is -2.26. The van der Waals surface area contributed by atoms with Crippen LogP contribution in [-0.2, 0) is 16.6 Å². The molecule has 1 aromatic rings. The number of aryl methyl sites for hydroxylation is 1. The third kappa shape index (κ3) is 5.99. The van der Waals surface area contributed by atoms with Crippen LogP contribution in [0.1, 0.15) is 35.6 Å². The molecule has 0 radical (unpaired) electrons. The Labute approximate surface area is 118 Å². The Morgan fingerprint density at radius 2 is 2.21 bits per heavy atom. The van der Waals surface area contributed by atoms with E-state index in [1.165, 1.54) is 24.2 Å². The van der Waals surface area contributed by atoms with Gasteiger partial charge in [-0.2, -0.15) is 0 Å². The van der Waals surface area contributed by atoms with Gasteiger partial charge in [-0.3, -0.25) is 0 Å². The lowest BCUT2D eigenvalue weighted by molar-refractivity contribution is 0.572. The zero-order valence-electron chi connectivity index (χ0n) is 11.2. The molecule has 1 aliphatic carbocycles. The van der Waals surface area contributed by atoms with E-state index in [1.807, 2.05) is 6.92 Å². The Morgan fingerprint density at radius 1 is 1.42 bits per heavy atom. The molecule has 2 N–H and O–H groups in total. The van der Waals surface area contributed by atoms with E-state index in [2.05, 4.69) is 15.0 Å². The van der Waals surface area contributed by atoms with E-state index < -0.39 is 10.0 Å². The van der Waals surface area contributed by atoms with Crippen LogP contribution < -0.4 is 10.0 Å². The SMILES string of the molecule is Cc1cnc(CNS(=O)(=O)CCCCNC2CC2)s1. The maximum atomic E-state index is 11.8. The second-order valence-corrected chi connectivity index (χ2v) is 8.19. The van der Waals surface area contributed by atoms with Gasteiger partial charge in [0.15, 0.2) is 0 Å². The Hall–Kier alpha value is -0.500. The van der Waals surface area contributed by atoms with Crippen molar-refractivity contribution in [2.45, 2.75) is 45.2 Å². The van der Waals surface area contributed by atoms with Crippen molar-refractivity contribution in [1.29, 1.82) is 0 Å². The summed E-state index contributed by atoms with van der Waals surface area (Å²) in [6, 6.07) is 0.697. The molecule has 7 heteroatoms. The first-order valence-electron chi connectivity index (χ1n) is 6.67. The largest absolute Gasteiger partial charge is 0.314 e. The molecule has 1 heterocycles. The molecule has 0 spiro atoms. The third-order valence-corrected chi connectivity index (χ3v) is 5.29. The van der Waals surface area contributed by atoms with Gasteiger partial charge in [-0.15, -0.1) is 11.3 Å². The van der Waals surface area contributed by atoms with E-state index >= 15 is 0 Å². The zero-order valence-corrected chi connectivity index (χ0v) is 12.8. The van der Waals surface area contributed by atoms with Crippen molar-refractivity contribution in [3.8, 4) is 0 Å². The van der Waals surface area contributed by atoms with Gasteiger partial charge in [0.05, 0.1) is 12.3 Å². The van der Waals surface area contributed by atoms with E-state index in [9.17, 15) is 8.42 Å². The average Bonchev–Trinajstić information content (AvgIpc) is 3.08. The van der Waals surface area contributed by atoms with Crippen LogP contribution in [0.5, 0.6) is 0 Å². The first kappa shape index (κ1) is 14.9. The fourth-order valence-electron chi connectivity index (χ4n) is 1.74. The van der Waals surface area contributed by atoms with Crippen LogP contribution in [0.15, 0.2) is 6.20 Å². The predicted octanol–water partition coefficient (Wildman–Crippen LogP) is 1.40. The highest BCUT2D eigenvalue weighted by Gasteiger charge is 2.19. The molecule has 0 aliphatic heterocycles. The van der Waals surface area contributed by atoms with Gasteiger partial charge in [-0.25, -0.2) is 18.1 Å². The number of rotatable bonds is 9. The van der Waals surface area contributed by atoms with E-state index in [1.54, 1.807) is 6.20 Å². The molecule has 0 aromatic carbocycles. The van der Waals surface area contributed by atoms with E-state index in [0.717, 1.165) is 22.9 Å². The molecule has 0 bridgehead atoms. The van der Waals surface area contributed by atoms with Crippen molar-refractivity contribution in [3.05, 3.63) is 16.1 Å². The normalized spacial score (nSPS) is 15.8. The van der Waals surface area contributed by atoms with Crippen molar-refractivity contribution in [1.82, 2.24) is 15.0 Å². The van der Waals surface area contributed by atoms with Gasteiger partial charge in [0, 0.05) is 17.1 Å². The molecule has 108 valence electrons. The Bertz CT molecular complexity index is 495. The summed E-state index contributed by atoms with van der Waals surface area (Å²) >= 11 is 1.52. The molecule has 1 fully saturated rings.